The molecule has 1 aromatic heterocycles. The number of aryl methyl sites for hydroxylation is 1. The number of ether oxygens (including phenoxy) is 1. The maximum Gasteiger partial charge on any atom is 0.147 e. The van der Waals surface area contributed by atoms with Crippen molar-refractivity contribution in [3.8, 4) is 5.75 Å². The second-order valence-electron chi connectivity index (χ2n) is 2.29. The van der Waals surface area contributed by atoms with E-state index in [1.54, 1.807) is 0 Å². The quantitative estimate of drug-likeness (QED) is 0.681. The molecular weight excluding hydrogens is 291 g/mol. The summed E-state index contributed by atoms with van der Waals surface area (Å²) in [5.74, 6) is 2.23. The van der Waals surface area contributed by atoms with Crippen LogP contribution in [-0.2, 0) is 0 Å². The Hall–Kier alpha value is 0.580. The van der Waals surface area contributed by atoms with Crippen molar-refractivity contribution in [3.63, 3.8) is 0 Å². The van der Waals surface area contributed by atoms with Crippen LogP contribution in [0.15, 0.2) is 4.90 Å². The fourth-order valence-electron chi connectivity index (χ4n) is 1.05. The molecule has 11 heavy (non-hydrogen) atoms. The molecular formula is C7H7IOS2. The van der Waals surface area contributed by atoms with Gasteiger partial charge in [0.1, 0.15) is 5.75 Å². The van der Waals surface area contributed by atoms with Crippen LogP contribution in [0, 0.1) is 9.81 Å². The predicted molar refractivity (Wildman–Crippen MR) is 58.0 cm³/mol. The van der Waals surface area contributed by atoms with Gasteiger partial charge in [-0.05, 0) is 29.5 Å². The van der Waals surface area contributed by atoms with Crippen LogP contribution in [-0.4, -0.2) is 12.4 Å². The Balaban J connectivity index is 2.52. The molecule has 1 aliphatic heterocycles. The second-order valence-corrected chi connectivity index (χ2v) is 6.43. The van der Waals surface area contributed by atoms with Crippen LogP contribution < -0.4 is 4.74 Å². The standard InChI is InChI=1S/C7H7IOS2/c1-4-5-6(7(8)11-4)10-3-2-9-5/h2-3H2,1H3. The van der Waals surface area contributed by atoms with E-state index in [4.69, 9.17) is 4.74 Å². The van der Waals surface area contributed by atoms with Crippen molar-refractivity contribution in [2.45, 2.75) is 11.8 Å². The molecule has 0 saturated carbocycles. The summed E-state index contributed by atoms with van der Waals surface area (Å²) < 4.78 is 6.93. The van der Waals surface area contributed by atoms with Crippen molar-refractivity contribution in [2.24, 2.45) is 0 Å². The van der Waals surface area contributed by atoms with Gasteiger partial charge in [0, 0.05) is 10.6 Å². The Morgan fingerprint density at radius 2 is 2.36 bits per heavy atom. The first-order chi connectivity index (χ1) is 5.29. The highest BCUT2D eigenvalue weighted by Crippen LogP contribution is 2.44. The van der Waals surface area contributed by atoms with Crippen LogP contribution >= 0.6 is 45.7 Å². The maximum atomic E-state index is 5.56. The van der Waals surface area contributed by atoms with E-state index in [9.17, 15) is 0 Å². The molecule has 2 rings (SSSR count). The van der Waals surface area contributed by atoms with Gasteiger partial charge in [0.25, 0.3) is 0 Å². The number of rotatable bonds is 0. The highest BCUT2D eigenvalue weighted by molar-refractivity contribution is 14.1. The molecule has 0 aliphatic carbocycles. The molecule has 0 N–H and O–H groups in total. The molecule has 0 radical (unpaired) electrons. The summed E-state index contributed by atoms with van der Waals surface area (Å²) >= 11 is 6.12. The van der Waals surface area contributed by atoms with Gasteiger partial charge in [0.15, 0.2) is 0 Å². The normalized spacial score (nSPS) is 15.8. The van der Waals surface area contributed by atoms with Crippen LogP contribution in [0.1, 0.15) is 4.88 Å². The Kier molecular flexibility index (Phi) is 2.34. The molecule has 0 atom stereocenters. The summed E-state index contributed by atoms with van der Waals surface area (Å²) in [6.07, 6.45) is 0. The summed E-state index contributed by atoms with van der Waals surface area (Å²) in [5, 5.41) is 0. The SMILES string of the molecule is Cc1sc(I)c2c1OCCS2. The molecule has 0 spiro atoms. The smallest absolute Gasteiger partial charge is 0.147 e. The Labute approximate surface area is 87.7 Å². The van der Waals surface area contributed by atoms with Crippen molar-refractivity contribution in [2.75, 3.05) is 12.4 Å². The topological polar surface area (TPSA) is 9.23 Å². The fourth-order valence-corrected chi connectivity index (χ4v) is 4.66. The first-order valence-corrected chi connectivity index (χ1v) is 6.21. The van der Waals surface area contributed by atoms with Crippen LogP contribution in [0.5, 0.6) is 5.75 Å². The van der Waals surface area contributed by atoms with Crippen LogP contribution in [0.4, 0.5) is 0 Å². The summed E-state index contributed by atoms with van der Waals surface area (Å²) in [4.78, 5) is 2.68. The highest BCUT2D eigenvalue weighted by atomic mass is 127. The Morgan fingerprint density at radius 1 is 1.55 bits per heavy atom. The van der Waals surface area contributed by atoms with E-state index in [1.165, 1.54) is 12.7 Å². The lowest BCUT2D eigenvalue weighted by Crippen LogP contribution is -2.05. The summed E-state index contributed by atoms with van der Waals surface area (Å²) in [5.41, 5.74) is 0. The Bertz CT molecular complexity index is 256. The number of halogens is 1. The van der Waals surface area contributed by atoms with Gasteiger partial charge in [-0.2, -0.15) is 0 Å². The number of hydrogen-bond donors (Lipinski definition) is 0. The van der Waals surface area contributed by atoms with E-state index in [0.29, 0.717) is 0 Å². The molecule has 0 aromatic carbocycles. The summed E-state index contributed by atoms with van der Waals surface area (Å²) in [7, 11) is 0. The van der Waals surface area contributed by atoms with Crippen molar-refractivity contribution in [1.82, 2.24) is 0 Å². The van der Waals surface area contributed by atoms with Gasteiger partial charge in [-0.3, -0.25) is 0 Å². The molecule has 0 fully saturated rings. The first kappa shape index (κ1) is 8.19. The minimum absolute atomic E-state index is 0.866. The van der Waals surface area contributed by atoms with Crippen LogP contribution in [0.2, 0.25) is 0 Å². The number of hydrogen-bond acceptors (Lipinski definition) is 3. The van der Waals surface area contributed by atoms with Gasteiger partial charge in [-0.15, -0.1) is 23.1 Å². The molecule has 0 saturated heterocycles. The number of fused-ring (bicyclic) bond motifs is 1. The van der Waals surface area contributed by atoms with E-state index in [-0.39, 0.29) is 0 Å². The molecule has 0 amide bonds. The largest absolute Gasteiger partial charge is 0.490 e. The zero-order valence-electron chi connectivity index (χ0n) is 6.02. The van der Waals surface area contributed by atoms with Crippen molar-refractivity contribution >= 4 is 45.7 Å². The third-order valence-corrected chi connectivity index (χ3v) is 5.14. The second kappa shape index (κ2) is 3.14. The molecule has 1 aromatic rings. The van der Waals surface area contributed by atoms with Gasteiger partial charge in [-0.25, -0.2) is 0 Å². The average molecular weight is 298 g/mol. The number of thiophene rings is 1. The average Bonchev–Trinajstić information content (AvgIpc) is 2.30. The Morgan fingerprint density at radius 3 is 3.09 bits per heavy atom. The van der Waals surface area contributed by atoms with E-state index in [0.717, 1.165) is 18.1 Å². The minimum atomic E-state index is 0.866. The van der Waals surface area contributed by atoms with Crippen molar-refractivity contribution in [3.05, 3.63) is 7.76 Å². The van der Waals surface area contributed by atoms with Gasteiger partial charge in [0.05, 0.1) is 14.4 Å². The van der Waals surface area contributed by atoms with Gasteiger partial charge in [-0.1, -0.05) is 0 Å². The zero-order chi connectivity index (χ0) is 7.84. The van der Waals surface area contributed by atoms with Crippen molar-refractivity contribution in [1.29, 1.82) is 0 Å². The van der Waals surface area contributed by atoms with E-state index >= 15 is 0 Å². The van der Waals surface area contributed by atoms with Gasteiger partial charge >= 0.3 is 0 Å². The molecule has 1 nitrogen and oxygen atoms in total. The third-order valence-electron chi connectivity index (χ3n) is 1.52. The van der Waals surface area contributed by atoms with Crippen LogP contribution in [0.3, 0.4) is 0 Å². The van der Waals surface area contributed by atoms with Crippen molar-refractivity contribution < 1.29 is 4.74 Å². The third kappa shape index (κ3) is 1.40. The maximum absolute atomic E-state index is 5.56. The lowest BCUT2D eigenvalue weighted by atomic mass is 10.4. The first-order valence-electron chi connectivity index (χ1n) is 3.33. The van der Waals surface area contributed by atoms with Gasteiger partial charge in [0.2, 0.25) is 0 Å². The monoisotopic (exact) mass is 298 g/mol. The van der Waals surface area contributed by atoms with Gasteiger partial charge < -0.3 is 4.74 Å². The highest BCUT2D eigenvalue weighted by Gasteiger charge is 2.19. The molecule has 0 bridgehead atoms. The minimum Gasteiger partial charge on any atom is -0.490 e. The van der Waals surface area contributed by atoms with E-state index in [2.05, 4.69) is 29.5 Å². The lowest BCUT2D eigenvalue weighted by Gasteiger charge is -2.13. The fraction of sp³-hybridized carbons (Fsp3) is 0.429. The van der Waals surface area contributed by atoms with Crippen LogP contribution in [0.25, 0.3) is 0 Å². The lowest BCUT2D eigenvalue weighted by molar-refractivity contribution is 0.329. The molecule has 4 heteroatoms. The molecule has 1 aliphatic rings. The molecule has 2 heterocycles. The molecule has 0 unspecified atom stereocenters. The summed E-state index contributed by atoms with van der Waals surface area (Å²) in [6, 6.07) is 0. The van der Waals surface area contributed by atoms with E-state index < -0.39 is 0 Å². The predicted octanol–water partition coefficient (Wildman–Crippen LogP) is 3.15. The molecule has 60 valence electrons. The number of thioether (sulfide) groups is 1. The van der Waals surface area contributed by atoms with E-state index in [1.807, 2.05) is 23.1 Å². The summed E-state index contributed by atoms with van der Waals surface area (Å²) in [6.45, 7) is 2.99. The zero-order valence-corrected chi connectivity index (χ0v) is 9.81.